The molecule has 2 N–H and O–H groups in total. The minimum Gasteiger partial charge on any atom is -0.356 e. The second-order valence-corrected chi connectivity index (χ2v) is 6.61. The number of H-pyrrole nitrogens is 1. The fourth-order valence-electron chi connectivity index (χ4n) is 2.17. The number of rotatable bonds is 4. The smallest absolute Gasteiger partial charge is 0.259 e. The molecule has 2 rings (SSSR count). The monoisotopic (exact) mass is 286 g/mol. The van der Waals surface area contributed by atoms with Crippen LogP contribution in [0.3, 0.4) is 0 Å². The molecule has 19 heavy (non-hydrogen) atoms. The summed E-state index contributed by atoms with van der Waals surface area (Å²) in [5.74, 6) is 0.296. The zero-order valence-corrected chi connectivity index (χ0v) is 11.6. The molecule has 1 fully saturated rings. The van der Waals surface area contributed by atoms with E-state index < -0.39 is 10.0 Å². The van der Waals surface area contributed by atoms with E-state index in [1.165, 1.54) is 23.5 Å². The molecule has 0 radical (unpaired) electrons. The fraction of sp³-hybridized carbons (Fsp3) is 0.636. The molecule has 0 aliphatic carbocycles. The van der Waals surface area contributed by atoms with Crippen LogP contribution in [0.1, 0.15) is 19.8 Å². The molecule has 0 bridgehead atoms. The molecule has 106 valence electrons. The number of hydrogen-bond donors (Lipinski definition) is 2. The Morgan fingerprint density at radius 3 is 2.74 bits per heavy atom. The fourth-order valence-corrected chi connectivity index (χ4v) is 3.54. The number of sulfonamides is 1. The highest BCUT2D eigenvalue weighted by atomic mass is 32.2. The number of aromatic amines is 1. The lowest BCUT2D eigenvalue weighted by molar-refractivity contribution is -0.119. The number of aromatic nitrogens is 2. The molecular weight excluding hydrogens is 268 g/mol. The van der Waals surface area contributed by atoms with Crippen molar-refractivity contribution >= 4 is 15.9 Å². The van der Waals surface area contributed by atoms with Gasteiger partial charge in [-0.2, -0.15) is 9.40 Å². The Morgan fingerprint density at radius 1 is 1.53 bits per heavy atom. The molecule has 1 aliphatic heterocycles. The standard InChI is InChI=1S/C11H18N4O3S/c1-9(16)12-8-10-3-6-15(7-4-10)19(17,18)11-2-5-13-14-11/h2,5,10H,3-4,6-8H2,1H3,(H,12,16)(H,13,14). The van der Waals surface area contributed by atoms with Gasteiger partial charge in [0.1, 0.15) is 0 Å². The van der Waals surface area contributed by atoms with Gasteiger partial charge < -0.3 is 5.32 Å². The second kappa shape index (κ2) is 5.70. The molecule has 0 spiro atoms. The Bertz CT molecular complexity index is 518. The number of hydrogen-bond acceptors (Lipinski definition) is 4. The summed E-state index contributed by atoms with van der Waals surface area (Å²) in [6.45, 7) is 3.06. The van der Waals surface area contributed by atoms with Crippen molar-refractivity contribution in [2.45, 2.75) is 24.8 Å². The molecule has 2 heterocycles. The van der Waals surface area contributed by atoms with Gasteiger partial charge >= 0.3 is 0 Å². The maximum Gasteiger partial charge on any atom is 0.259 e. The van der Waals surface area contributed by atoms with Gasteiger partial charge in [0.15, 0.2) is 5.03 Å². The topological polar surface area (TPSA) is 95.2 Å². The Kier molecular flexibility index (Phi) is 4.20. The Balaban J connectivity index is 1.91. The zero-order valence-electron chi connectivity index (χ0n) is 10.8. The van der Waals surface area contributed by atoms with Crippen molar-refractivity contribution in [1.29, 1.82) is 0 Å². The summed E-state index contributed by atoms with van der Waals surface area (Å²) < 4.78 is 25.9. The SMILES string of the molecule is CC(=O)NCC1CCN(S(=O)(=O)c2ccn[nH]2)CC1. The van der Waals surface area contributed by atoms with Crippen molar-refractivity contribution < 1.29 is 13.2 Å². The summed E-state index contributed by atoms with van der Waals surface area (Å²) in [6.07, 6.45) is 2.94. The van der Waals surface area contributed by atoms with Crippen LogP contribution in [0.15, 0.2) is 17.3 Å². The summed E-state index contributed by atoms with van der Waals surface area (Å²) >= 11 is 0. The Morgan fingerprint density at radius 2 is 2.21 bits per heavy atom. The van der Waals surface area contributed by atoms with Gasteiger partial charge in [0, 0.05) is 26.6 Å². The van der Waals surface area contributed by atoms with Gasteiger partial charge in [0.05, 0.1) is 6.20 Å². The molecule has 0 atom stereocenters. The largest absolute Gasteiger partial charge is 0.356 e. The highest BCUT2D eigenvalue weighted by molar-refractivity contribution is 7.89. The minimum atomic E-state index is -3.45. The van der Waals surface area contributed by atoms with Crippen molar-refractivity contribution in [3.05, 3.63) is 12.3 Å². The quantitative estimate of drug-likeness (QED) is 0.811. The lowest BCUT2D eigenvalue weighted by Crippen LogP contribution is -2.41. The first kappa shape index (κ1) is 14.0. The molecule has 1 amide bonds. The van der Waals surface area contributed by atoms with Crippen LogP contribution >= 0.6 is 0 Å². The van der Waals surface area contributed by atoms with Crippen LogP contribution in [0.5, 0.6) is 0 Å². The van der Waals surface area contributed by atoms with Crippen LogP contribution < -0.4 is 5.32 Å². The van der Waals surface area contributed by atoms with Crippen molar-refractivity contribution in [1.82, 2.24) is 19.8 Å². The van der Waals surface area contributed by atoms with Gasteiger partial charge in [-0.1, -0.05) is 0 Å². The lowest BCUT2D eigenvalue weighted by Gasteiger charge is -2.30. The first-order valence-electron chi connectivity index (χ1n) is 6.24. The number of carbonyl (C=O) groups excluding carboxylic acids is 1. The van der Waals surface area contributed by atoms with Crippen molar-refractivity contribution in [3.8, 4) is 0 Å². The third-order valence-corrected chi connectivity index (χ3v) is 5.13. The first-order chi connectivity index (χ1) is 9.00. The maximum absolute atomic E-state index is 12.2. The van der Waals surface area contributed by atoms with Crippen LogP contribution in [0.4, 0.5) is 0 Å². The summed E-state index contributed by atoms with van der Waals surface area (Å²) in [4.78, 5) is 10.8. The average Bonchev–Trinajstić information content (AvgIpc) is 2.91. The lowest BCUT2D eigenvalue weighted by atomic mass is 9.98. The average molecular weight is 286 g/mol. The Labute approximate surface area is 112 Å². The van der Waals surface area contributed by atoms with Crippen LogP contribution in [0.2, 0.25) is 0 Å². The summed E-state index contributed by atoms with van der Waals surface area (Å²) in [5.41, 5.74) is 0. The van der Waals surface area contributed by atoms with Gasteiger partial charge in [-0.3, -0.25) is 9.89 Å². The summed E-state index contributed by atoms with van der Waals surface area (Å²) in [5, 5.41) is 9.06. The number of piperidine rings is 1. The van der Waals surface area contributed by atoms with E-state index in [4.69, 9.17) is 0 Å². The van der Waals surface area contributed by atoms with E-state index in [1.54, 1.807) is 0 Å². The molecular formula is C11H18N4O3S. The van der Waals surface area contributed by atoms with Crippen molar-refractivity contribution in [3.63, 3.8) is 0 Å². The number of nitrogens with zero attached hydrogens (tertiary/aromatic N) is 2. The second-order valence-electron chi connectivity index (χ2n) is 4.71. The zero-order chi connectivity index (χ0) is 13.9. The van der Waals surface area contributed by atoms with Crippen molar-refractivity contribution in [2.24, 2.45) is 5.92 Å². The molecule has 7 nitrogen and oxygen atoms in total. The van der Waals surface area contributed by atoms with E-state index >= 15 is 0 Å². The van der Waals surface area contributed by atoms with Gasteiger partial charge in [0.25, 0.3) is 10.0 Å². The highest BCUT2D eigenvalue weighted by Gasteiger charge is 2.30. The molecule has 8 heteroatoms. The molecule has 0 aromatic carbocycles. The van der Waals surface area contributed by atoms with Crippen molar-refractivity contribution in [2.75, 3.05) is 19.6 Å². The number of amides is 1. The normalized spacial score (nSPS) is 18.4. The first-order valence-corrected chi connectivity index (χ1v) is 7.68. The van der Waals surface area contributed by atoms with Crippen LogP contribution in [-0.2, 0) is 14.8 Å². The molecule has 1 aliphatic rings. The van der Waals surface area contributed by atoms with Gasteiger partial charge in [-0.05, 0) is 24.8 Å². The summed E-state index contributed by atoms with van der Waals surface area (Å²) in [7, 11) is -3.45. The molecule has 0 saturated carbocycles. The molecule has 0 unspecified atom stereocenters. The predicted molar refractivity (Wildman–Crippen MR) is 68.8 cm³/mol. The van der Waals surface area contributed by atoms with E-state index in [1.807, 2.05) is 0 Å². The summed E-state index contributed by atoms with van der Waals surface area (Å²) in [6, 6.07) is 1.46. The van der Waals surface area contributed by atoms with E-state index in [0.29, 0.717) is 25.6 Å². The number of carbonyl (C=O) groups is 1. The van der Waals surface area contributed by atoms with E-state index in [-0.39, 0.29) is 10.9 Å². The number of nitrogens with one attached hydrogen (secondary N) is 2. The van der Waals surface area contributed by atoms with Gasteiger partial charge in [-0.25, -0.2) is 8.42 Å². The van der Waals surface area contributed by atoms with Crippen LogP contribution in [0.25, 0.3) is 0 Å². The van der Waals surface area contributed by atoms with Crippen LogP contribution in [0, 0.1) is 5.92 Å². The minimum absolute atomic E-state index is 0.0486. The molecule has 1 aromatic rings. The van der Waals surface area contributed by atoms with Gasteiger partial charge in [0.2, 0.25) is 5.91 Å². The van der Waals surface area contributed by atoms with E-state index in [9.17, 15) is 13.2 Å². The third kappa shape index (κ3) is 3.32. The van der Waals surface area contributed by atoms with E-state index in [0.717, 1.165) is 12.8 Å². The van der Waals surface area contributed by atoms with Gasteiger partial charge in [-0.15, -0.1) is 0 Å². The van der Waals surface area contributed by atoms with E-state index in [2.05, 4.69) is 15.5 Å². The molecule has 1 aromatic heterocycles. The third-order valence-electron chi connectivity index (χ3n) is 3.31. The molecule has 1 saturated heterocycles. The Hall–Kier alpha value is -1.41. The maximum atomic E-state index is 12.2. The predicted octanol–water partition coefficient (Wildman–Crippen LogP) is -0.0535. The highest BCUT2D eigenvalue weighted by Crippen LogP contribution is 2.22. The van der Waals surface area contributed by atoms with Crippen LogP contribution in [-0.4, -0.2) is 48.5 Å².